The Bertz CT molecular complexity index is 1650. The fourth-order valence-electron chi connectivity index (χ4n) is 4.75. The minimum atomic E-state index is -3.99. The average Bonchev–Trinajstić information content (AvgIpc) is 3.22. The van der Waals surface area contributed by atoms with Crippen LogP contribution < -0.4 is 4.90 Å². The molecule has 46 heavy (non-hydrogen) atoms. The summed E-state index contributed by atoms with van der Waals surface area (Å²) in [4.78, 5) is 69.6. The molecule has 0 bridgehead atoms. The SMILES string of the molecule is CCOC(=O)CC(=O)N(CC(F)(F)CN1C(=O)c2ccccc2C1=O)c1c(C(=O)OC(C)C)ncc(Cc2ccc(F)cc2)c1Cl. The Morgan fingerprint density at radius 2 is 1.63 bits per heavy atom. The van der Waals surface area contributed by atoms with Crippen LogP contribution in [-0.4, -0.2) is 71.3 Å². The van der Waals surface area contributed by atoms with Crippen LogP contribution in [0.25, 0.3) is 0 Å². The highest BCUT2D eigenvalue weighted by atomic mass is 35.5. The van der Waals surface area contributed by atoms with Gasteiger partial charge in [0.2, 0.25) is 5.91 Å². The quantitative estimate of drug-likeness (QED) is 0.147. The molecule has 2 aromatic carbocycles. The predicted molar refractivity (Wildman–Crippen MR) is 159 cm³/mol. The molecule has 3 amide bonds. The number of carbonyl (C=O) groups excluding carboxylic acids is 5. The number of aromatic nitrogens is 1. The second-order valence-electron chi connectivity index (χ2n) is 10.6. The lowest BCUT2D eigenvalue weighted by Gasteiger charge is -2.31. The van der Waals surface area contributed by atoms with Gasteiger partial charge in [-0.1, -0.05) is 35.9 Å². The van der Waals surface area contributed by atoms with Crippen molar-refractivity contribution in [2.24, 2.45) is 0 Å². The van der Waals surface area contributed by atoms with Crippen LogP contribution in [0.2, 0.25) is 5.02 Å². The lowest BCUT2D eigenvalue weighted by atomic mass is 10.0. The summed E-state index contributed by atoms with van der Waals surface area (Å²) in [6.45, 7) is 1.47. The minimum absolute atomic E-state index is 0.00996. The summed E-state index contributed by atoms with van der Waals surface area (Å²) < 4.78 is 55.4. The maximum Gasteiger partial charge on any atom is 0.359 e. The van der Waals surface area contributed by atoms with Crippen molar-refractivity contribution in [2.45, 2.75) is 45.6 Å². The van der Waals surface area contributed by atoms with E-state index in [-0.39, 0.29) is 34.7 Å². The second-order valence-corrected chi connectivity index (χ2v) is 11.0. The lowest BCUT2D eigenvalue weighted by molar-refractivity contribution is -0.145. The van der Waals surface area contributed by atoms with Gasteiger partial charge in [-0.15, -0.1) is 0 Å². The molecular formula is C32H29ClF3N3O7. The molecule has 4 rings (SSSR count). The highest BCUT2D eigenvalue weighted by molar-refractivity contribution is 6.35. The number of imide groups is 1. The average molecular weight is 660 g/mol. The molecule has 0 saturated carbocycles. The van der Waals surface area contributed by atoms with E-state index < -0.39 is 78.4 Å². The van der Waals surface area contributed by atoms with Crippen molar-refractivity contribution in [3.05, 3.63) is 93.5 Å². The third kappa shape index (κ3) is 7.71. The van der Waals surface area contributed by atoms with Gasteiger partial charge in [0.1, 0.15) is 12.2 Å². The zero-order valence-electron chi connectivity index (χ0n) is 25.0. The van der Waals surface area contributed by atoms with Gasteiger partial charge in [-0.05, 0) is 56.2 Å². The predicted octanol–water partition coefficient (Wildman–Crippen LogP) is 5.25. The normalized spacial score (nSPS) is 12.7. The second kappa shape index (κ2) is 14.1. The first-order chi connectivity index (χ1) is 21.7. The van der Waals surface area contributed by atoms with E-state index in [0.29, 0.717) is 15.4 Å². The van der Waals surface area contributed by atoms with Crippen LogP contribution in [0, 0.1) is 5.82 Å². The Labute approximate surface area is 267 Å². The van der Waals surface area contributed by atoms with Crippen LogP contribution in [-0.2, 0) is 25.5 Å². The number of hydrogen-bond acceptors (Lipinski definition) is 8. The van der Waals surface area contributed by atoms with Crippen LogP contribution in [0.3, 0.4) is 0 Å². The third-order valence-electron chi connectivity index (χ3n) is 6.74. The van der Waals surface area contributed by atoms with Crippen LogP contribution in [0.15, 0.2) is 54.7 Å². The zero-order valence-corrected chi connectivity index (χ0v) is 25.8. The number of amides is 3. The Morgan fingerprint density at radius 1 is 1.02 bits per heavy atom. The summed E-state index contributed by atoms with van der Waals surface area (Å²) in [7, 11) is 0. The molecule has 1 aromatic heterocycles. The van der Waals surface area contributed by atoms with E-state index in [0.717, 1.165) is 0 Å². The number of anilines is 1. The van der Waals surface area contributed by atoms with Crippen LogP contribution in [0.5, 0.6) is 0 Å². The summed E-state index contributed by atoms with van der Waals surface area (Å²) in [6.07, 6.45) is -0.520. The smallest absolute Gasteiger partial charge is 0.359 e. The number of hydrogen-bond donors (Lipinski definition) is 0. The van der Waals surface area contributed by atoms with E-state index in [9.17, 15) is 28.4 Å². The lowest BCUT2D eigenvalue weighted by Crippen LogP contribution is -2.49. The topological polar surface area (TPSA) is 123 Å². The fourth-order valence-corrected chi connectivity index (χ4v) is 5.05. The van der Waals surface area contributed by atoms with E-state index >= 15 is 8.78 Å². The molecule has 10 nitrogen and oxygen atoms in total. The number of fused-ring (bicyclic) bond motifs is 1. The maximum absolute atomic E-state index is 15.9. The van der Waals surface area contributed by atoms with Gasteiger partial charge in [0.05, 0.1) is 47.6 Å². The molecule has 0 N–H and O–H groups in total. The summed E-state index contributed by atoms with van der Waals surface area (Å²) in [5.74, 6) is -9.78. The van der Waals surface area contributed by atoms with E-state index in [1.807, 2.05) is 0 Å². The number of esters is 2. The van der Waals surface area contributed by atoms with Crippen molar-refractivity contribution in [1.29, 1.82) is 0 Å². The number of alkyl halides is 2. The monoisotopic (exact) mass is 659 g/mol. The van der Waals surface area contributed by atoms with Gasteiger partial charge in [0.15, 0.2) is 5.69 Å². The highest BCUT2D eigenvalue weighted by Crippen LogP contribution is 2.37. The highest BCUT2D eigenvalue weighted by Gasteiger charge is 2.45. The molecule has 1 aliphatic rings. The Hall–Kier alpha value is -4.78. The van der Waals surface area contributed by atoms with Gasteiger partial charge in [0.25, 0.3) is 17.7 Å². The number of benzene rings is 2. The molecule has 0 fully saturated rings. The number of carbonyl (C=O) groups is 5. The zero-order chi connectivity index (χ0) is 33.8. The van der Waals surface area contributed by atoms with Crippen molar-refractivity contribution in [2.75, 3.05) is 24.6 Å². The fraction of sp³-hybridized carbons (Fsp3) is 0.312. The van der Waals surface area contributed by atoms with Crippen molar-refractivity contribution in [3.8, 4) is 0 Å². The molecule has 0 radical (unpaired) electrons. The molecule has 242 valence electrons. The van der Waals surface area contributed by atoms with Gasteiger partial charge >= 0.3 is 11.9 Å². The van der Waals surface area contributed by atoms with Crippen molar-refractivity contribution in [1.82, 2.24) is 9.88 Å². The Morgan fingerprint density at radius 3 is 2.20 bits per heavy atom. The van der Waals surface area contributed by atoms with Crippen molar-refractivity contribution in [3.63, 3.8) is 0 Å². The molecule has 0 saturated heterocycles. The third-order valence-corrected chi connectivity index (χ3v) is 7.16. The van der Waals surface area contributed by atoms with Crippen molar-refractivity contribution < 1.29 is 46.6 Å². The summed E-state index contributed by atoms with van der Waals surface area (Å²) in [5, 5.41) is -0.344. The minimum Gasteiger partial charge on any atom is -0.466 e. The molecule has 1 aliphatic heterocycles. The number of halogens is 4. The summed E-state index contributed by atoms with van der Waals surface area (Å²) in [6, 6.07) is 10.9. The Kier molecular flexibility index (Phi) is 10.5. The molecule has 3 aromatic rings. The molecule has 14 heteroatoms. The first-order valence-corrected chi connectivity index (χ1v) is 14.5. The number of nitrogens with zero attached hydrogens (tertiary/aromatic N) is 3. The summed E-state index contributed by atoms with van der Waals surface area (Å²) in [5.41, 5.74) is -0.592. The van der Waals surface area contributed by atoms with Gasteiger partial charge in [-0.25, -0.2) is 22.9 Å². The van der Waals surface area contributed by atoms with Gasteiger partial charge in [-0.3, -0.25) is 24.1 Å². The first-order valence-electron chi connectivity index (χ1n) is 14.1. The molecule has 0 atom stereocenters. The molecule has 0 aliphatic carbocycles. The van der Waals surface area contributed by atoms with Crippen LogP contribution in [0.1, 0.15) is 69.5 Å². The van der Waals surface area contributed by atoms with E-state index in [1.165, 1.54) is 75.5 Å². The van der Waals surface area contributed by atoms with Crippen LogP contribution in [0.4, 0.5) is 18.9 Å². The number of rotatable bonds is 12. The van der Waals surface area contributed by atoms with Gasteiger partial charge in [-0.2, -0.15) is 0 Å². The number of pyridine rings is 1. The molecular weight excluding hydrogens is 631 g/mol. The molecule has 0 spiro atoms. The van der Waals surface area contributed by atoms with E-state index in [2.05, 4.69) is 4.98 Å². The van der Waals surface area contributed by atoms with Crippen LogP contribution >= 0.6 is 11.6 Å². The molecule has 0 unspecified atom stereocenters. The largest absolute Gasteiger partial charge is 0.466 e. The summed E-state index contributed by atoms with van der Waals surface area (Å²) >= 11 is 6.72. The van der Waals surface area contributed by atoms with E-state index in [4.69, 9.17) is 21.1 Å². The van der Waals surface area contributed by atoms with E-state index in [1.54, 1.807) is 0 Å². The standard InChI is InChI=1S/C32H29ClF3N3O7/c1-4-45-25(41)14-24(40)38(16-32(35,36)17-39-29(42)22-7-5-6-8-23(22)30(39)43)28-26(33)20(13-19-9-11-21(34)12-10-19)15-37-27(28)31(44)46-18(2)3/h5-12,15,18H,4,13-14,16-17H2,1-3H3. The maximum atomic E-state index is 15.9. The van der Waals surface area contributed by atoms with Crippen molar-refractivity contribution >= 4 is 46.9 Å². The molecule has 2 heterocycles. The number of ether oxygens (including phenoxy) is 2. The first kappa shape index (κ1) is 34.1. The van der Waals surface area contributed by atoms with Gasteiger partial charge in [0, 0.05) is 12.6 Å². The van der Waals surface area contributed by atoms with Gasteiger partial charge < -0.3 is 14.4 Å². The Balaban J connectivity index is 1.79.